The Morgan fingerprint density at radius 3 is 2.77 bits per heavy atom. The standard InChI is InChI=1S/C21H18N2O3/c1-15-12-20(24)18-13-16(9-10-19(18)23-15)8-5-11-22-21(25)26-14-17-6-3-2-4-7-17/h2-4,6-7,9-10,12-13H,11,14H2,1H3,(H,22,25)(H,23,24). The second-order valence-corrected chi connectivity index (χ2v) is 5.79. The minimum Gasteiger partial charge on any atom is -0.445 e. The number of hydrogen-bond donors (Lipinski definition) is 2. The monoisotopic (exact) mass is 346 g/mol. The van der Waals surface area contributed by atoms with E-state index in [0.717, 1.165) is 16.8 Å². The number of carbonyl (C=O) groups excluding carboxylic acids is 1. The van der Waals surface area contributed by atoms with Gasteiger partial charge in [-0.1, -0.05) is 42.2 Å². The summed E-state index contributed by atoms with van der Waals surface area (Å²) in [5, 5.41) is 3.17. The van der Waals surface area contributed by atoms with E-state index in [-0.39, 0.29) is 18.6 Å². The number of benzene rings is 2. The number of aromatic nitrogens is 1. The van der Waals surface area contributed by atoms with Crippen LogP contribution in [0.3, 0.4) is 0 Å². The number of ether oxygens (including phenoxy) is 1. The zero-order valence-corrected chi connectivity index (χ0v) is 14.3. The van der Waals surface area contributed by atoms with Gasteiger partial charge in [0, 0.05) is 28.2 Å². The number of rotatable bonds is 3. The smallest absolute Gasteiger partial charge is 0.408 e. The Bertz CT molecular complexity index is 1040. The summed E-state index contributed by atoms with van der Waals surface area (Å²) in [5.41, 5.74) is 3.20. The molecule has 26 heavy (non-hydrogen) atoms. The third-order valence-corrected chi connectivity index (χ3v) is 3.73. The molecule has 1 amide bonds. The quantitative estimate of drug-likeness (QED) is 0.716. The molecule has 0 unspecified atom stereocenters. The summed E-state index contributed by atoms with van der Waals surface area (Å²) in [6.07, 6.45) is -0.520. The van der Waals surface area contributed by atoms with Gasteiger partial charge in [0.15, 0.2) is 5.43 Å². The number of fused-ring (bicyclic) bond motifs is 1. The predicted molar refractivity (Wildman–Crippen MR) is 101 cm³/mol. The number of aryl methyl sites for hydroxylation is 1. The van der Waals surface area contributed by atoms with Crippen molar-refractivity contribution in [3.8, 4) is 11.8 Å². The van der Waals surface area contributed by atoms with Crippen molar-refractivity contribution in [3.63, 3.8) is 0 Å². The highest BCUT2D eigenvalue weighted by Crippen LogP contribution is 2.10. The van der Waals surface area contributed by atoms with Gasteiger partial charge in [-0.2, -0.15) is 0 Å². The largest absolute Gasteiger partial charge is 0.445 e. The fraction of sp³-hybridized carbons (Fsp3) is 0.143. The van der Waals surface area contributed by atoms with E-state index in [1.807, 2.05) is 49.4 Å². The number of amides is 1. The summed E-state index contributed by atoms with van der Waals surface area (Å²) in [4.78, 5) is 26.8. The van der Waals surface area contributed by atoms with Crippen LogP contribution < -0.4 is 10.7 Å². The molecule has 2 aromatic carbocycles. The second kappa shape index (κ2) is 8.04. The highest BCUT2D eigenvalue weighted by molar-refractivity contribution is 5.80. The molecule has 2 N–H and O–H groups in total. The number of aromatic amines is 1. The number of alkyl carbamates (subject to hydrolysis) is 1. The average Bonchev–Trinajstić information content (AvgIpc) is 2.64. The SMILES string of the molecule is Cc1cc(=O)c2cc(C#CCNC(=O)OCc3ccccc3)ccc2[nH]1. The van der Waals surface area contributed by atoms with Crippen LogP contribution >= 0.6 is 0 Å². The lowest BCUT2D eigenvalue weighted by Crippen LogP contribution is -2.24. The van der Waals surface area contributed by atoms with Gasteiger partial charge in [0.25, 0.3) is 0 Å². The van der Waals surface area contributed by atoms with Crippen molar-refractivity contribution in [1.29, 1.82) is 0 Å². The molecule has 0 saturated carbocycles. The fourth-order valence-electron chi connectivity index (χ4n) is 2.49. The van der Waals surface area contributed by atoms with Crippen molar-refractivity contribution in [2.45, 2.75) is 13.5 Å². The first-order valence-corrected chi connectivity index (χ1v) is 8.19. The van der Waals surface area contributed by atoms with Crippen molar-refractivity contribution in [3.05, 3.63) is 81.6 Å². The van der Waals surface area contributed by atoms with Crippen molar-refractivity contribution in [2.75, 3.05) is 6.54 Å². The van der Waals surface area contributed by atoms with Gasteiger partial charge in [-0.15, -0.1) is 0 Å². The molecular formula is C21H18N2O3. The minimum absolute atomic E-state index is 0.0393. The van der Waals surface area contributed by atoms with Gasteiger partial charge in [0.05, 0.1) is 6.54 Å². The van der Waals surface area contributed by atoms with Gasteiger partial charge in [-0.3, -0.25) is 4.79 Å². The van der Waals surface area contributed by atoms with Gasteiger partial charge in [0.1, 0.15) is 6.61 Å². The number of pyridine rings is 1. The molecule has 0 aliphatic rings. The maximum Gasteiger partial charge on any atom is 0.408 e. The lowest BCUT2D eigenvalue weighted by Gasteiger charge is -2.04. The van der Waals surface area contributed by atoms with E-state index >= 15 is 0 Å². The molecule has 0 spiro atoms. The summed E-state index contributed by atoms with van der Waals surface area (Å²) in [7, 11) is 0. The first-order valence-electron chi connectivity index (χ1n) is 8.19. The summed E-state index contributed by atoms with van der Waals surface area (Å²) >= 11 is 0. The third-order valence-electron chi connectivity index (χ3n) is 3.73. The normalized spacial score (nSPS) is 10.0. The van der Waals surface area contributed by atoms with Gasteiger partial charge in [-0.05, 0) is 30.7 Å². The van der Waals surface area contributed by atoms with Crippen LogP contribution in [0.15, 0.2) is 59.4 Å². The zero-order chi connectivity index (χ0) is 18.4. The molecule has 3 aromatic rings. The van der Waals surface area contributed by atoms with Crippen LogP contribution in [0.4, 0.5) is 4.79 Å². The third kappa shape index (κ3) is 4.52. The molecule has 5 nitrogen and oxygen atoms in total. The summed E-state index contributed by atoms with van der Waals surface area (Å²) in [6, 6.07) is 16.4. The van der Waals surface area contributed by atoms with E-state index in [0.29, 0.717) is 10.9 Å². The minimum atomic E-state index is -0.520. The predicted octanol–water partition coefficient (Wildman–Crippen LogP) is 3.11. The maximum atomic E-state index is 12.0. The molecule has 5 heteroatoms. The van der Waals surface area contributed by atoms with Crippen molar-refractivity contribution >= 4 is 17.0 Å². The highest BCUT2D eigenvalue weighted by Gasteiger charge is 2.01. The molecule has 0 fully saturated rings. The fourth-order valence-corrected chi connectivity index (χ4v) is 2.49. The second-order valence-electron chi connectivity index (χ2n) is 5.79. The van der Waals surface area contributed by atoms with E-state index in [9.17, 15) is 9.59 Å². The molecule has 130 valence electrons. The van der Waals surface area contributed by atoms with Crippen molar-refractivity contribution in [2.24, 2.45) is 0 Å². The Balaban J connectivity index is 1.55. The van der Waals surface area contributed by atoms with Crippen LogP contribution in [0.2, 0.25) is 0 Å². The highest BCUT2D eigenvalue weighted by atomic mass is 16.5. The maximum absolute atomic E-state index is 12.0. The number of hydrogen-bond acceptors (Lipinski definition) is 3. The van der Waals surface area contributed by atoms with E-state index in [1.54, 1.807) is 12.1 Å². The van der Waals surface area contributed by atoms with Gasteiger partial charge in [0.2, 0.25) is 0 Å². The zero-order valence-electron chi connectivity index (χ0n) is 14.3. The van der Waals surface area contributed by atoms with Gasteiger partial charge in [-0.25, -0.2) is 4.79 Å². The van der Waals surface area contributed by atoms with E-state index < -0.39 is 6.09 Å². The molecular weight excluding hydrogens is 328 g/mol. The first-order chi connectivity index (χ1) is 12.6. The van der Waals surface area contributed by atoms with E-state index in [4.69, 9.17) is 4.74 Å². The molecule has 0 aliphatic carbocycles. The van der Waals surface area contributed by atoms with Crippen LogP contribution in [0.5, 0.6) is 0 Å². The van der Waals surface area contributed by atoms with E-state index in [1.165, 1.54) is 0 Å². The van der Waals surface area contributed by atoms with Gasteiger partial charge < -0.3 is 15.0 Å². The van der Waals surface area contributed by atoms with Gasteiger partial charge >= 0.3 is 6.09 Å². The lowest BCUT2D eigenvalue weighted by atomic mass is 10.1. The van der Waals surface area contributed by atoms with Crippen LogP contribution in [-0.2, 0) is 11.3 Å². The summed E-state index contributed by atoms with van der Waals surface area (Å²) in [5.74, 6) is 5.79. The Morgan fingerprint density at radius 2 is 1.96 bits per heavy atom. The van der Waals surface area contributed by atoms with Crippen molar-refractivity contribution < 1.29 is 9.53 Å². The molecule has 0 atom stereocenters. The first kappa shape index (κ1) is 17.3. The molecule has 0 radical (unpaired) electrons. The van der Waals surface area contributed by atoms with Crippen LogP contribution in [0.1, 0.15) is 16.8 Å². The number of H-pyrrole nitrogens is 1. The number of nitrogens with one attached hydrogen (secondary N) is 2. The molecule has 0 aliphatic heterocycles. The molecule has 1 aromatic heterocycles. The number of carbonyl (C=O) groups is 1. The Labute approximate surface area is 151 Å². The van der Waals surface area contributed by atoms with Crippen molar-refractivity contribution in [1.82, 2.24) is 10.3 Å². The molecule has 3 rings (SSSR count). The Kier molecular flexibility index (Phi) is 5.35. The topological polar surface area (TPSA) is 71.2 Å². The van der Waals surface area contributed by atoms with Crippen LogP contribution in [0.25, 0.3) is 10.9 Å². The molecule has 0 saturated heterocycles. The Morgan fingerprint density at radius 1 is 1.15 bits per heavy atom. The molecule has 1 heterocycles. The summed E-state index contributed by atoms with van der Waals surface area (Å²) in [6.45, 7) is 2.22. The summed E-state index contributed by atoms with van der Waals surface area (Å²) < 4.78 is 5.10. The van der Waals surface area contributed by atoms with Crippen LogP contribution in [0, 0.1) is 18.8 Å². The van der Waals surface area contributed by atoms with Crippen LogP contribution in [-0.4, -0.2) is 17.6 Å². The Hall–Kier alpha value is -3.52. The molecule has 0 bridgehead atoms. The average molecular weight is 346 g/mol. The van der Waals surface area contributed by atoms with E-state index in [2.05, 4.69) is 22.1 Å². The lowest BCUT2D eigenvalue weighted by molar-refractivity contribution is 0.141.